The number of nitrogens with zero attached hydrogens (tertiary/aromatic N) is 2. The van der Waals surface area contributed by atoms with Gasteiger partial charge in [0.1, 0.15) is 0 Å². The lowest BCUT2D eigenvalue weighted by Crippen LogP contribution is -2.61. The first-order valence-electron chi connectivity index (χ1n) is 22.8. The Hall–Kier alpha value is -4.28. The lowest BCUT2D eigenvalue weighted by atomic mass is 9.33. The topological polar surface area (TPSA) is 6.48 Å². The van der Waals surface area contributed by atoms with Crippen LogP contribution < -0.4 is 26.2 Å². The predicted molar refractivity (Wildman–Crippen MR) is 262 cm³/mol. The van der Waals surface area contributed by atoms with Gasteiger partial charge in [-0.2, -0.15) is 0 Å². The van der Waals surface area contributed by atoms with Gasteiger partial charge in [0, 0.05) is 33.1 Å². The zero-order chi connectivity index (χ0) is 42.3. The number of fused-ring (bicyclic) bond motifs is 12. The molecule has 6 aromatic rings. The number of thiophene rings is 1. The lowest BCUT2D eigenvalue weighted by Gasteiger charge is -2.47. The molecular weight excluding hydrogens is 744 g/mol. The molecule has 2 atom stereocenters. The number of hydrogen-bond donors (Lipinski definition) is 0. The molecule has 0 spiro atoms. The van der Waals surface area contributed by atoms with Gasteiger partial charge in [0.25, 0.3) is 6.71 Å². The Balaban J connectivity index is 1.26. The van der Waals surface area contributed by atoms with Crippen molar-refractivity contribution in [2.45, 2.75) is 155 Å². The highest BCUT2D eigenvalue weighted by atomic mass is 32.1. The van der Waals surface area contributed by atoms with Crippen LogP contribution in [0.25, 0.3) is 10.1 Å². The molecule has 2 aliphatic heterocycles. The Morgan fingerprint density at radius 3 is 1.58 bits per heavy atom. The summed E-state index contributed by atoms with van der Waals surface area (Å²) in [5.41, 5.74) is 22.1. The fraction of sp³-hybridized carbons (Fsp3) is 0.429. The average molecular weight is 807 g/mol. The summed E-state index contributed by atoms with van der Waals surface area (Å²) in [4.78, 5) is 5.32. The van der Waals surface area contributed by atoms with Gasteiger partial charge in [0.2, 0.25) is 0 Å². The van der Waals surface area contributed by atoms with Crippen LogP contribution in [-0.4, -0.2) is 6.71 Å². The van der Waals surface area contributed by atoms with Gasteiger partial charge in [-0.25, -0.2) is 0 Å². The van der Waals surface area contributed by atoms with Gasteiger partial charge in [-0.15, -0.1) is 11.3 Å². The zero-order valence-electron chi connectivity index (χ0n) is 38.5. The predicted octanol–water partition coefficient (Wildman–Crippen LogP) is 13.9. The first-order chi connectivity index (χ1) is 28.1. The molecule has 0 N–H and O–H groups in total. The van der Waals surface area contributed by atoms with Gasteiger partial charge in [-0.1, -0.05) is 113 Å². The Morgan fingerprint density at radius 1 is 0.533 bits per heavy atom. The van der Waals surface area contributed by atoms with Gasteiger partial charge in [-0.05, 0) is 187 Å². The van der Waals surface area contributed by atoms with Crippen LogP contribution in [0, 0.1) is 6.92 Å². The molecule has 3 aliphatic carbocycles. The second kappa shape index (κ2) is 12.0. The summed E-state index contributed by atoms with van der Waals surface area (Å²) in [6.07, 6.45) is 6.26. The summed E-state index contributed by atoms with van der Waals surface area (Å²) in [7, 11) is 0. The molecule has 2 bridgehead atoms. The third-order valence-corrected chi connectivity index (χ3v) is 17.4. The molecule has 0 amide bonds. The minimum atomic E-state index is 0.0776. The summed E-state index contributed by atoms with van der Waals surface area (Å²) >= 11 is 2.04. The first-order valence-corrected chi connectivity index (χ1v) is 23.7. The normalized spacial score (nSPS) is 23.1. The van der Waals surface area contributed by atoms with Crippen LogP contribution in [0.5, 0.6) is 0 Å². The SMILES string of the molecule is Cc1cc2c3c(c1)N(c1ccc(C(C)(C)C)cc1)c1sc4cc5c(cc4c1B3c1cc3c(cc1N2c1ccc(C(C)(C)C)cc1)C(C)(C)CCC3(C)C)C1(C)CCC5(C)C1. The third-order valence-electron chi connectivity index (χ3n) is 16.2. The minimum Gasteiger partial charge on any atom is -0.311 e. The summed E-state index contributed by atoms with van der Waals surface area (Å²) in [5, 5.41) is 2.86. The summed E-state index contributed by atoms with van der Waals surface area (Å²) in [6.45, 7) is 31.4. The van der Waals surface area contributed by atoms with Crippen molar-refractivity contribution in [3.63, 3.8) is 0 Å². The van der Waals surface area contributed by atoms with E-state index >= 15 is 0 Å². The molecule has 5 aliphatic rings. The number of anilines is 6. The Morgan fingerprint density at radius 2 is 1.03 bits per heavy atom. The average Bonchev–Trinajstić information content (AvgIpc) is 3.78. The Bertz CT molecular complexity index is 2810. The van der Waals surface area contributed by atoms with Gasteiger partial charge in [0.15, 0.2) is 0 Å². The molecular formula is C56H63BN2S. The molecule has 3 heterocycles. The van der Waals surface area contributed by atoms with Crippen molar-refractivity contribution in [3.8, 4) is 0 Å². The van der Waals surface area contributed by atoms with Crippen LogP contribution in [0.2, 0.25) is 0 Å². The van der Waals surface area contributed by atoms with E-state index in [0.717, 1.165) is 0 Å². The number of hydrogen-bond acceptors (Lipinski definition) is 3. The van der Waals surface area contributed by atoms with Gasteiger partial charge in [0.05, 0.1) is 5.00 Å². The molecule has 5 aromatic carbocycles. The van der Waals surface area contributed by atoms with E-state index < -0.39 is 0 Å². The Kier molecular flexibility index (Phi) is 7.73. The van der Waals surface area contributed by atoms with Crippen molar-refractivity contribution in [1.29, 1.82) is 0 Å². The lowest BCUT2D eigenvalue weighted by molar-refractivity contribution is 0.332. The summed E-state index contributed by atoms with van der Waals surface area (Å²) in [5.74, 6) is 0. The van der Waals surface area contributed by atoms with Crippen LogP contribution in [-0.2, 0) is 32.5 Å². The summed E-state index contributed by atoms with van der Waals surface area (Å²) < 4.78 is 1.44. The molecule has 11 rings (SSSR count). The molecule has 60 heavy (non-hydrogen) atoms. The first kappa shape index (κ1) is 38.6. The van der Waals surface area contributed by atoms with Gasteiger partial charge < -0.3 is 9.80 Å². The highest BCUT2D eigenvalue weighted by molar-refractivity contribution is 7.26. The van der Waals surface area contributed by atoms with E-state index in [0.29, 0.717) is 0 Å². The number of benzene rings is 5. The van der Waals surface area contributed by atoms with E-state index in [9.17, 15) is 0 Å². The molecule has 0 saturated heterocycles. The van der Waals surface area contributed by atoms with Crippen LogP contribution in [0.15, 0.2) is 84.9 Å². The van der Waals surface area contributed by atoms with Crippen LogP contribution in [0.1, 0.15) is 154 Å². The van der Waals surface area contributed by atoms with Crippen LogP contribution >= 0.6 is 11.3 Å². The number of rotatable bonds is 2. The fourth-order valence-electron chi connectivity index (χ4n) is 12.6. The quantitative estimate of drug-likeness (QED) is 0.161. The molecule has 0 radical (unpaired) electrons. The maximum absolute atomic E-state index is 2.71. The highest BCUT2D eigenvalue weighted by Gasteiger charge is 2.54. The Labute approximate surface area is 364 Å². The van der Waals surface area contributed by atoms with Crippen molar-refractivity contribution >= 4 is 78.0 Å². The largest absolute Gasteiger partial charge is 0.311 e. The maximum atomic E-state index is 2.71. The van der Waals surface area contributed by atoms with E-state index in [4.69, 9.17) is 0 Å². The fourth-order valence-corrected chi connectivity index (χ4v) is 13.9. The van der Waals surface area contributed by atoms with E-state index in [1.54, 1.807) is 11.1 Å². The van der Waals surface area contributed by atoms with E-state index in [1.165, 1.54) is 120 Å². The zero-order valence-corrected chi connectivity index (χ0v) is 39.3. The van der Waals surface area contributed by atoms with Crippen molar-refractivity contribution in [3.05, 3.63) is 124 Å². The molecule has 306 valence electrons. The van der Waals surface area contributed by atoms with Crippen LogP contribution in [0.3, 0.4) is 0 Å². The smallest absolute Gasteiger partial charge is 0.254 e. The second-order valence-electron chi connectivity index (χ2n) is 23.7. The standard InChI is InChI=1S/C56H63BN2S/c1-33-26-45-49-46(27-33)59(37-20-16-35(17-21-37)52(5,6)7)50-48(38-28-41-42(31-47(38)60-50)56(13)25-24-55(41,12)32-56)57(49)43-29-39-40(54(10,11)23-22-53(39,8)9)30-44(43)58(45)36-18-14-34(15-19-36)51(2,3)4/h14-21,26-31H,22-25,32H2,1-13H3. The van der Waals surface area contributed by atoms with Crippen molar-refractivity contribution in [2.24, 2.45) is 0 Å². The van der Waals surface area contributed by atoms with E-state index in [2.05, 4.69) is 185 Å². The third kappa shape index (κ3) is 5.31. The van der Waals surface area contributed by atoms with E-state index in [1.807, 2.05) is 11.3 Å². The van der Waals surface area contributed by atoms with Crippen molar-refractivity contribution < 1.29 is 0 Å². The van der Waals surface area contributed by atoms with Gasteiger partial charge in [-0.3, -0.25) is 0 Å². The van der Waals surface area contributed by atoms with E-state index in [-0.39, 0.29) is 39.2 Å². The second-order valence-corrected chi connectivity index (χ2v) is 24.7. The monoisotopic (exact) mass is 806 g/mol. The van der Waals surface area contributed by atoms with Crippen LogP contribution in [0.4, 0.5) is 33.4 Å². The number of aryl methyl sites for hydroxylation is 1. The van der Waals surface area contributed by atoms with Crippen molar-refractivity contribution in [1.82, 2.24) is 0 Å². The molecule has 1 saturated carbocycles. The molecule has 1 aromatic heterocycles. The maximum Gasteiger partial charge on any atom is 0.254 e. The highest BCUT2D eigenvalue weighted by Crippen LogP contribution is 2.62. The molecule has 1 fully saturated rings. The van der Waals surface area contributed by atoms with Crippen molar-refractivity contribution in [2.75, 3.05) is 9.80 Å². The minimum absolute atomic E-state index is 0.0776. The molecule has 4 heteroatoms. The molecule has 2 unspecified atom stereocenters. The molecule has 2 nitrogen and oxygen atoms in total. The summed E-state index contributed by atoms with van der Waals surface area (Å²) in [6, 6.07) is 34.8. The van der Waals surface area contributed by atoms with Gasteiger partial charge >= 0.3 is 0 Å².